The van der Waals surface area contributed by atoms with E-state index in [4.69, 9.17) is 4.74 Å². The molecule has 0 radical (unpaired) electrons. The van der Waals surface area contributed by atoms with Crippen molar-refractivity contribution < 1.29 is 44.3 Å². The lowest BCUT2D eigenvalue weighted by Gasteiger charge is -2.44. The van der Waals surface area contributed by atoms with Crippen molar-refractivity contribution >= 4 is 23.1 Å². The Balaban J connectivity index is 1.86. The average molecular weight is 581 g/mol. The Labute approximate surface area is 246 Å². The third-order valence-electron chi connectivity index (χ3n) is 7.98. The maximum Gasteiger partial charge on any atom is 0.265 e. The maximum atomic E-state index is 14.5. The number of hydrogen-bond donors (Lipinski definition) is 4. The molecule has 5 atom stereocenters. The summed E-state index contributed by atoms with van der Waals surface area (Å²) in [6, 6.07) is 28.2. The van der Waals surface area contributed by atoms with Crippen LogP contribution in [0.25, 0.3) is 0 Å². The number of carbonyl (C=O) groups excluding carboxylic acids is 4. The normalized spacial score (nSPS) is 27.3. The van der Waals surface area contributed by atoms with Gasteiger partial charge in [-0.1, -0.05) is 121 Å². The van der Waals surface area contributed by atoms with E-state index in [0.29, 0.717) is 0 Å². The number of benzene rings is 4. The van der Waals surface area contributed by atoms with E-state index in [9.17, 15) is 39.6 Å². The Hall–Kier alpha value is -4.64. The van der Waals surface area contributed by atoms with Crippen LogP contribution in [0.1, 0.15) is 48.4 Å². The van der Waals surface area contributed by atoms with Crippen LogP contribution in [0.4, 0.5) is 0 Å². The van der Waals surface area contributed by atoms with Crippen molar-refractivity contribution in [2.24, 2.45) is 0 Å². The molecule has 2 unspecified atom stereocenters. The molecule has 1 fully saturated rings. The molecule has 5 rings (SSSR count). The molecule has 1 aliphatic rings. The van der Waals surface area contributed by atoms with Crippen molar-refractivity contribution in [1.82, 2.24) is 0 Å². The van der Waals surface area contributed by atoms with Gasteiger partial charge in [-0.2, -0.15) is 0 Å². The van der Waals surface area contributed by atoms with Gasteiger partial charge in [-0.05, 0) is 6.92 Å². The summed E-state index contributed by atoms with van der Waals surface area (Å²) in [6.07, 6.45) is -2.72. The number of aliphatic hydroxyl groups is 4. The third-order valence-corrected chi connectivity index (χ3v) is 7.98. The fraction of sp³-hybridized carbons (Fsp3) is 0.176. The van der Waals surface area contributed by atoms with Crippen LogP contribution in [0.3, 0.4) is 0 Å². The number of ether oxygens (including phenoxy) is 1. The predicted molar refractivity (Wildman–Crippen MR) is 153 cm³/mol. The fourth-order valence-electron chi connectivity index (χ4n) is 5.59. The Bertz CT molecular complexity index is 1670. The summed E-state index contributed by atoms with van der Waals surface area (Å²) < 4.78 is 5.81. The molecule has 1 heterocycles. The highest BCUT2D eigenvalue weighted by atomic mass is 16.7. The standard InChI is InChI=1S/C34H28O9/c1-31(40)33(41,28(37)24-18-10-4-11-19-24)32(27(36)23-16-8-3-9-17-23,30(39)26(35)22-14-6-2-7-15-22)43-34(31,42)29(38)25-20-12-5-13-21-25/h2-21,30,39-42H,1H3/t30?,31-,32-,33+,34?/m1/s1. The summed E-state index contributed by atoms with van der Waals surface area (Å²) in [7, 11) is 0. The van der Waals surface area contributed by atoms with Crippen molar-refractivity contribution in [2.45, 2.75) is 35.6 Å². The number of Topliss-reactive ketones (excluding diaryl/α,β-unsaturated/α-hetero) is 4. The van der Waals surface area contributed by atoms with Gasteiger partial charge in [0.05, 0.1) is 0 Å². The Morgan fingerprint density at radius 1 is 0.558 bits per heavy atom. The molecule has 9 nitrogen and oxygen atoms in total. The van der Waals surface area contributed by atoms with Crippen molar-refractivity contribution in [3.63, 3.8) is 0 Å². The highest BCUT2D eigenvalue weighted by molar-refractivity contribution is 6.19. The maximum absolute atomic E-state index is 14.5. The van der Waals surface area contributed by atoms with Gasteiger partial charge in [0, 0.05) is 22.3 Å². The Morgan fingerprint density at radius 2 is 0.907 bits per heavy atom. The summed E-state index contributed by atoms with van der Waals surface area (Å²) in [4.78, 5) is 56.6. The zero-order valence-corrected chi connectivity index (χ0v) is 23.0. The summed E-state index contributed by atoms with van der Waals surface area (Å²) in [5.41, 5.74) is -11.3. The predicted octanol–water partition coefficient (Wildman–Crippen LogP) is 2.82. The molecule has 4 aromatic rings. The number of hydrogen-bond acceptors (Lipinski definition) is 9. The molecule has 0 amide bonds. The lowest BCUT2D eigenvalue weighted by atomic mass is 9.62. The first kappa shape index (κ1) is 29.8. The van der Waals surface area contributed by atoms with Crippen molar-refractivity contribution in [3.8, 4) is 0 Å². The number of rotatable bonds is 9. The summed E-state index contributed by atoms with van der Waals surface area (Å²) in [5, 5.41) is 48.6. The molecule has 9 heteroatoms. The zero-order chi connectivity index (χ0) is 31.0. The van der Waals surface area contributed by atoms with E-state index < -0.39 is 51.8 Å². The molecule has 0 saturated carbocycles. The van der Waals surface area contributed by atoms with Gasteiger partial charge in [-0.15, -0.1) is 0 Å². The smallest absolute Gasteiger partial charge is 0.265 e. The Kier molecular flexibility index (Phi) is 7.55. The monoisotopic (exact) mass is 580 g/mol. The van der Waals surface area contributed by atoms with Crippen molar-refractivity contribution in [1.29, 1.82) is 0 Å². The molecule has 1 saturated heterocycles. The van der Waals surface area contributed by atoms with Crippen molar-refractivity contribution in [2.75, 3.05) is 0 Å². The minimum absolute atomic E-state index is 0.141. The van der Waals surface area contributed by atoms with Crippen LogP contribution in [-0.4, -0.2) is 72.3 Å². The van der Waals surface area contributed by atoms with E-state index in [2.05, 4.69) is 0 Å². The van der Waals surface area contributed by atoms with Gasteiger partial charge in [0.2, 0.25) is 28.6 Å². The van der Waals surface area contributed by atoms with Gasteiger partial charge in [0.1, 0.15) is 0 Å². The molecule has 43 heavy (non-hydrogen) atoms. The van der Waals surface area contributed by atoms with Crippen LogP contribution in [0.2, 0.25) is 0 Å². The first-order valence-corrected chi connectivity index (χ1v) is 13.4. The second-order valence-corrected chi connectivity index (χ2v) is 10.5. The van der Waals surface area contributed by atoms with Crippen LogP contribution < -0.4 is 0 Å². The Morgan fingerprint density at radius 3 is 1.33 bits per heavy atom. The van der Waals surface area contributed by atoms with Gasteiger partial charge in [0.15, 0.2) is 17.5 Å². The molecule has 0 bridgehead atoms. The van der Waals surface area contributed by atoms with E-state index in [1.165, 1.54) is 97.1 Å². The van der Waals surface area contributed by atoms with Crippen LogP contribution in [0.15, 0.2) is 121 Å². The molecular formula is C34H28O9. The number of carbonyl (C=O) groups is 4. The molecule has 1 aliphatic heterocycles. The third kappa shape index (κ3) is 4.29. The summed E-state index contributed by atoms with van der Waals surface area (Å²) >= 11 is 0. The van der Waals surface area contributed by atoms with Gasteiger partial charge < -0.3 is 25.2 Å². The van der Waals surface area contributed by atoms with Gasteiger partial charge >= 0.3 is 0 Å². The van der Waals surface area contributed by atoms with Crippen LogP contribution in [0.5, 0.6) is 0 Å². The molecule has 218 valence electrons. The van der Waals surface area contributed by atoms with E-state index in [0.717, 1.165) is 6.92 Å². The number of aliphatic hydroxyl groups excluding tert-OH is 1. The van der Waals surface area contributed by atoms with Crippen LogP contribution in [-0.2, 0) is 4.74 Å². The molecule has 4 N–H and O–H groups in total. The largest absolute Gasteiger partial charge is 0.381 e. The highest BCUT2D eigenvalue weighted by Gasteiger charge is 2.86. The second kappa shape index (κ2) is 10.9. The SMILES string of the molecule is C[C@]1(O)C(O)(C(=O)c2ccccc2)O[C@](C(=O)c2ccccc2)(C(O)C(=O)c2ccccc2)[C@]1(O)C(=O)c1ccccc1. The average Bonchev–Trinajstić information content (AvgIpc) is 3.21. The van der Waals surface area contributed by atoms with Crippen LogP contribution >= 0.6 is 0 Å². The highest BCUT2D eigenvalue weighted by Crippen LogP contribution is 2.56. The van der Waals surface area contributed by atoms with Gasteiger partial charge in [-0.3, -0.25) is 19.2 Å². The molecule has 0 aliphatic carbocycles. The molecular weight excluding hydrogens is 552 g/mol. The fourth-order valence-corrected chi connectivity index (χ4v) is 5.59. The quantitative estimate of drug-likeness (QED) is 0.219. The van der Waals surface area contributed by atoms with E-state index in [-0.39, 0.29) is 22.3 Å². The number of ketones is 4. The van der Waals surface area contributed by atoms with Crippen molar-refractivity contribution in [3.05, 3.63) is 144 Å². The minimum Gasteiger partial charge on any atom is -0.381 e. The first-order chi connectivity index (χ1) is 20.4. The molecule has 4 aromatic carbocycles. The second-order valence-electron chi connectivity index (χ2n) is 10.5. The molecule has 0 aromatic heterocycles. The summed E-state index contributed by atoms with van der Waals surface area (Å²) in [5.74, 6) is -8.78. The summed E-state index contributed by atoms with van der Waals surface area (Å²) in [6.45, 7) is 0.744. The van der Waals surface area contributed by atoms with Gasteiger partial charge in [0.25, 0.3) is 5.79 Å². The first-order valence-electron chi connectivity index (χ1n) is 13.4. The van der Waals surface area contributed by atoms with E-state index in [1.54, 1.807) is 24.3 Å². The topological polar surface area (TPSA) is 158 Å². The lowest BCUT2D eigenvalue weighted by Crippen LogP contribution is -2.75. The van der Waals surface area contributed by atoms with Gasteiger partial charge in [-0.25, -0.2) is 0 Å². The zero-order valence-electron chi connectivity index (χ0n) is 23.0. The van der Waals surface area contributed by atoms with E-state index >= 15 is 0 Å². The lowest BCUT2D eigenvalue weighted by molar-refractivity contribution is -0.239. The minimum atomic E-state index is -3.63. The van der Waals surface area contributed by atoms with E-state index in [1.807, 2.05) is 0 Å². The molecule has 0 spiro atoms. The van der Waals surface area contributed by atoms with Crippen LogP contribution in [0, 0.1) is 0 Å².